The Labute approximate surface area is 159 Å². The summed E-state index contributed by atoms with van der Waals surface area (Å²) in [5, 5.41) is 8.16. The van der Waals surface area contributed by atoms with E-state index < -0.39 is 0 Å². The summed E-state index contributed by atoms with van der Waals surface area (Å²) >= 11 is 6.09. The highest BCUT2D eigenvalue weighted by molar-refractivity contribution is 6.30. The van der Waals surface area contributed by atoms with Gasteiger partial charge >= 0.3 is 0 Å². The third-order valence-corrected chi connectivity index (χ3v) is 5.41. The number of benzene rings is 1. The van der Waals surface area contributed by atoms with Crippen molar-refractivity contribution in [2.24, 2.45) is 7.05 Å². The van der Waals surface area contributed by atoms with Crippen LogP contribution in [-0.2, 0) is 11.8 Å². The number of amides is 1. The van der Waals surface area contributed by atoms with Crippen molar-refractivity contribution in [3.63, 3.8) is 0 Å². The van der Waals surface area contributed by atoms with Gasteiger partial charge in [-0.1, -0.05) is 17.7 Å². The van der Waals surface area contributed by atoms with E-state index in [2.05, 4.69) is 26.3 Å². The lowest BCUT2D eigenvalue weighted by Crippen LogP contribution is -2.52. The predicted molar refractivity (Wildman–Crippen MR) is 106 cm³/mol. The molecule has 1 aliphatic rings. The lowest BCUT2D eigenvalue weighted by molar-refractivity contribution is -0.120. The van der Waals surface area contributed by atoms with Crippen molar-refractivity contribution in [2.45, 2.75) is 26.8 Å². The van der Waals surface area contributed by atoms with Crippen LogP contribution < -0.4 is 10.2 Å². The number of rotatable bonds is 4. The number of carbonyl (C=O) groups excluding carboxylic acids is 1. The van der Waals surface area contributed by atoms with Crippen LogP contribution in [0, 0.1) is 13.8 Å². The zero-order valence-electron chi connectivity index (χ0n) is 15.8. The van der Waals surface area contributed by atoms with Gasteiger partial charge in [0.05, 0.1) is 23.1 Å². The largest absolute Gasteiger partial charge is 0.369 e. The van der Waals surface area contributed by atoms with Crippen molar-refractivity contribution in [1.29, 1.82) is 0 Å². The Morgan fingerprint density at radius 3 is 2.50 bits per heavy atom. The Kier molecular flexibility index (Phi) is 5.53. The van der Waals surface area contributed by atoms with Crippen LogP contribution in [0.5, 0.6) is 0 Å². The number of halogens is 1. The number of hydrogen-bond acceptors (Lipinski definition) is 4. The molecule has 2 aromatic rings. The fraction of sp³-hybridized carbons (Fsp3) is 0.474. The molecule has 1 fully saturated rings. The maximum absolute atomic E-state index is 12.7. The molecular weight excluding hydrogens is 350 g/mol. The minimum Gasteiger partial charge on any atom is -0.369 e. The summed E-state index contributed by atoms with van der Waals surface area (Å²) in [6.07, 6.45) is 0. The Hall–Kier alpha value is -2.05. The summed E-state index contributed by atoms with van der Waals surface area (Å²) in [7, 11) is 1.89. The van der Waals surface area contributed by atoms with Crippen LogP contribution in [0.15, 0.2) is 24.3 Å². The van der Waals surface area contributed by atoms with Gasteiger partial charge in [0.2, 0.25) is 5.91 Å². The number of piperazine rings is 1. The van der Waals surface area contributed by atoms with Gasteiger partial charge in [0.15, 0.2) is 0 Å². The third-order valence-electron chi connectivity index (χ3n) is 5.17. The molecule has 3 rings (SSSR count). The molecule has 0 saturated carbocycles. The van der Waals surface area contributed by atoms with Crippen LogP contribution in [0.4, 0.5) is 11.4 Å². The average Bonchev–Trinajstić information content (AvgIpc) is 2.87. The summed E-state index contributed by atoms with van der Waals surface area (Å²) in [5.74, 6) is 0.0143. The van der Waals surface area contributed by atoms with Gasteiger partial charge in [0.25, 0.3) is 0 Å². The van der Waals surface area contributed by atoms with Crippen molar-refractivity contribution in [1.82, 2.24) is 14.7 Å². The van der Waals surface area contributed by atoms with Crippen molar-refractivity contribution < 1.29 is 4.79 Å². The van der Waals surface area contributed by atoms with Crippen molar-refractivity contribution in [2.75, 3.05) is 36.4 Å². The first-order chi connectivity index (χ1) is 12.4. The van der Waals surface area contributed by atoms with Crippen molar-refractivity contribution in [3.05, 3.63) is 40.7 Å². The van der Waals surface area contributed by atoms with Crippen LogP contribution >= 0.6 is 11.6 Å². The first kappa shape index (κ1) is 18.7. The standard InChI is InChI=1S/C19H26ClN5O/c1-13-18(14(2)23(4)22-13)21-19(26)15(3)24-8-10-25(11-9-24)17-7-5-6-16(20)12-17/h5-7,12,15H,8-11H2,1-4H3,(H,21,26)/t15-/m1/s1. The van der Waals surface area contributed by atoms with Crippen molar-refractivity contribution in [3.8, 4) is 0 Å². The first-order valence-electron chi connectivity index (χ1n) is 8.92. The van der Waals surface area contributed by atoms with Crippen LogP contribution in [0.25, 0.3) is 0 Å². The average molecular weight is 376 g/mol. The summed E-state index contributed by atoms with van der Waals surface area (Å²) < 4.78 is 1.79. The molecule has 1 N–H and O–H groups in total. The molecule has 1 aromatic carbocycles. The van der Waals surface area contributed by atoms with Gasteiger partial charge in [-0.2, -0.15) is 5.10 Å². The molecule has 2 heterocycles. The van der Waals surface area contributed by atoms with Gasteiger partial charge in [-0.25, -0.2) is 0 Å². The number of aromatic nitrogens is 2. The lowest BCUT2D eigenvalue weighted by atomic mass is 10.2. The Bertz CT molecular complexity index is 795. The van der Waals surface area contributed by atoms with Gasteiger partial charge in [-0.15, -0.1) is 0 Å². The summed E-state index contributed by atoms with van der Waals surface area (Å²) in [6, 6.07) is 7.73. The Morgan fingerprint density at radius 1 is 1.23 bits per heavy atom. The second-order valence-electron chi connectivity index (χ2n) is 6.84. The van der Waals surface area contributed by atoms with Crippen LogP contribution in [0.3, 0.4) is 0 Å². The molecule has 6 nitrogen and oxygen atoms in total. The van der Waals surface area contributed by atoms with E-state index in [9.17, 15) is 4.79 Å². The molecule has 1 saturated heterocycles. The van der Waals surface area contributed by atoms with E-state index in [1.165, 1.54) is 0 Å². The van der Waals surface area contributed by atoms with E-state index in [4.69, 9.17) is 11.6 Å². The molecular formula is C19H26ClN5O. The highest BCUT2D eigenvalue weighted by Gasteiger charge is 2.26. The van der Waals surface area contributed by atoms with Crippen LogP contribution in [0.1, 0.15) is 18.3 Å². The maximum atomic E-state index is 12.7. The summed E-state index contributed by atoms with van der Waals surface area (Å²) in [6.45, 7) is 9.27. The Morgan fingerprint density at radius 2 is 1.92 bits per heavy atom. The second kappa shape index (κ2) is 7.68. The minimum atomic E-state index is -0.185. The highest BCUT2D eigenvalue weighted by Crippen LogP contribution is 2.22. The Balaban J connectivity index is 1.59. The van der Waals surface area contributed by atoms with Gasteiger partial charge in [0, 0.05) is 43.9 Å². The molecule has 1 aromatic heterocycles. The monoisotopic (exact) mass is 375 g/mol. The number of nitrogens with one attached hydrogen (secondary N) is 1. The molecule has 0 bridgehead atoms. The lowest BCUT2D eigenvalue weighted by Gasteiger charge is -2.38. The third kappa shape index (κ3) is 3.86. The van der Waals surface area contributed by atoms with E-state index >= 15 is 0 Å². The summed E-state index contributed by atoms with van der Waals surface area (Å²) in [5.41, 5.74) is 3.77. The number of hydrogen-bond donors (Lipinski definition) is 1. The van der Waals surface area contributed by atoms with E-state index in [0.717, 1.165) is 54.0 Å². The smallest absolute Gasteiger partial charge is 0.241 e. The SMILES string of the molecule is Cc1nn(C)c(C)c1NC(=O)[C@@H](C)N1CCN(c2cccc(Cl)c2)CC1. The number of carbonyl (C=O) groups is 1. The van der Waals surface area contributed by atoms with Gasteiger partial charge < -0.3 is 10.2 Å². The fourth-order valence-electron chi connectivity index (χ4n) is 3.39. The van der Waals surface area contributed by atoms with Crippen LogP contribution in [-0.4, -0.2) is 52.8 Å². The molecule has 7 heteroatoms. The second-order valence-corrected chi connectivity index (χ2v) is 7.27. The molecule has 1 amide bonds. The fourth-order valence-corrected chi connectivity index (χ4v) is 3.57. The summed E-state index contributed by atoms with van der Waals surface area (Å²) in [4.78, 5) is 17.2. The molecule has 1 atom stereocenters. The zero-order chi connectivity index (χ0) is 18.8. The molecule has 0 aliphatic carbocycles. The van der Waals surface area contributed by atoms with E-state index in [1.54, 1.807) is 4.68 Å². The number of aryl methyl sites for hydroxylation is 2. The normalized spacial score (nSPS) is 16.6. The van der Waals surface area contributed by atoms with Gasteiger partial charge in [0.1, 0.15) is 0 Å². The number of anilines is 2. The quantitative estimate of drug-likeness (QED) is 0.892. The van der Waals surface area contributed by atoms with E-state index in [-0.39, 0.29) is 11.9 Å². The van der Waals surface area contributed by atoms with Crippen molar-refractivity contribution >= 4 is 28.9 Å². The minimum absolute atomic E-state index is 0.0143. The molecule has 1 aliphatic heterocycles. The molecule has 26 heavy (non-hydrogen) atoms. The molecule has 0 radical (unpaired) electrons. The highest BCUT2D eigenvalue weighted by atomic mass is 35.5. The maximum Gasteiger partial charge on any atom is 0.241 e. The topological polar surface area (TPSA) is 53.4 Å². The van der Waals surface area contributed by atoms with E-state index in [1.807, 2.05) is 46.0 Å². The first-order valence-corrected chi connectivity index (χ1v) is 9.30. The molecule has 140 valence electrons. The predicted octanol–water partition coefficient (Wildman–Crippen LogP) is 2.84. The van der Waals surface area contributed by atoms with Gasteiger partial charge in [-0.3, -0.25) is 14.4 Å². The van der Waals surface area contributed by atoms with Crippen LogP contribution in [0.2, 0.25) is 5.02 Å². The molecule has 0 spiro atoms. The number of nitrogens with zero attached hydrogens (tertiary/aromatic N) is 4. The van der Waals surface area contributed by atoms with Gasteiger partial charge in [-0.05, 0) is 39.0 Å². The van der Waals surface area contributed by atoms with E-state index in [0.29, 0.717) is 0 Å². The molecule has 0 unspecified atom stereocenters. The zero-order valence-corrected chi connectivity index (χ0v) is 16.5.